The lowest BCUT2D eigenvalue weighted by Crippen LogP contribution is -2.09. The van der Waals surface area contributed by atoms with E-state index in [1.165, 1.54) is 16.7 Å². The van der Waals surface area contributed by atoms with E-state index < -0.39 is 0 Å². The zero-order valence-electron chi connectivity index (χ0n) is 14.2. The Morgan fingerprint density at radius 2 is 1.48 bits per heavy atom. The van der Waals surface area contributed by atoms with E-state index in [2.05, 4.69) is 90.2 Å². The van der Waals surface area contributed by atoms with Crippen molar-refractivity contribution in [3.63, 3.8) is 0 Å². The maximum Gasteiger partial charge on any atom is 0.147 e. The first-order chi connectivity index (χ1) is 9.66. The topological polar surface area (TPSA) is 0 Å². The molecular formula is C21H27+. The van der Waals surface area contributed by atoms with E-state index in [0.29, 0.717) is 0 Å². The first-order valence-corrected chi connectivity index (χ1v) is 7.78. The Labute approximate surface area is 130 Å². The van der Waals surface area contributed by atoms with Gasteiger partial charge in [-0.25, -0.2) is 0 Å². The van der Waals surface area contributed by atoms with Crippen LogP contribution in [-0.4, -0.2) is 0 Å². The van der Waals surface area contributed by atoms with E-state index in [0.717, 1.165) is 12.0 Å². The Bertz CT molecular complexity index is 543. The van der Waals surface area contributed by atoms with E-state index >= 15 is 0 Å². The predicted molar refractivity (Wildman–Crippen MR) is 92.8 cm³/mol. The van der Waals surface area contributed by atoms with Crippen LogP contribution in [0.25, 0.3) is 0 Å². The van der Waals surface area contributed by atoms with Crippen LogP contribution in [0.5, 0.6) is 0 Å². The Kier molecular flexibility index (Phi) is 4.21. The average molecular weight is 279 g/mol. The van der Waals surface area contributed by atoms with E-state index in [1.54, 1.807) is 0 Å². The second kappa shape index (κ2) is 5.62. The summed E-state index contributed by atoms with van der Waals surface area (Å²) in [6.45, 7) is 13.5. The normalized spacial score (nSPS) is 19.0. The van der Waals surface area contributed by atoms with Crippen LogP contribution in [0.15, 0.2) is 64.5 Å². The molecule has 0 heteroatoms. The molecule has 2 aliphatic carbocycles. The Hall–Kier alpha value is -1.65. The summed E-state index contributed by atoms with van der Waals surface area (Å²) in [6.07, 6.45) is 16.5. The molecular weight excluding hydrogens is 252 g/mol. The van der Waals surface area contributed by atoms with Gasteiger partial charge in [-0.05, 0) is 37.8 Å². The van der Waals surface area contributed by atoms with Crippen LogP contribution in [0.4, 0.5) is 0 Å². The van der Waals surface area contributed by atoms with Crippen LogP contribution in [0.2, 0.25) is 0 Å². The Morgan fingerprint density at radius 3 is 1.90 bits per heavy atom. The number of hydrogen-bond donors (Lipinski definition) is 0. The molecule has 0 saturated carbocycles. The molecule has 0 heterocycles. The molecule has 110 valence electrons. The molecule has 0 nitrogen and oxygen atoms in total. The minimum atomic E-state index is 0.209. The molecule has 2 rings (SSSR count). The highest BCUT2D eigenvalue weighted by atomic mass is 14.2. The monoisotopic (exact) mass is 279 g/mol. The van der Waals surface area contributed by atoms with Gasteiger partial charge < -0.3 is 0 Å². The molecule has 0 aromatic rings. The molecule has 0 spiro atoms. The third kappa shape index (κ3) is 4.16. The Morgan fingerprint density at radius 1 is 0.857 bits per heavy atom. The largest absolute Gasteiger partial charge is 0.147 e. The lowest BCUT2D eigenvalue weighted by Gasteiger charge is -2.22. The minimum Gasteiger partial charge on any atom is -0.0748 e. The van der Waals surface area contributed by atoms with Crippen molar-refractivity contribution < 1.29 is 0 Å². The maximum absolute atomic E-state index is 3.52. The van der Waals surface area contributed by atoms with Crippen molar-refractivity contribution in [3.05, 3.63) is 70.9 Å². The van der Waals surface area contributed by atoms with Crippen molar-refractivity contribution in [2.45, 2.75) is 48.0 Å². The number of rotatable bonds is 0. The third-order valence-corrected chi connectivity index (χ3v) is 3.93. The second-order valence-corrected chi connectivity index (χ2v) is 7.92. The van der Waals surface area contributed by atoms with E-state index in [9.17, 15) is 0 Å². The van der Waals surface area contributed by atoms with Crippen LogP contribution in [0.3, 0.4) is 0 Å². The summed E-state index contributed by atoms with van der Waals surface area (Å²) in [5.74, 6) is 0. The zero-order valence-corrected chi connectivity index (χ0v) is 14.2. The van der Waals surface area contributed by atoms with Gasteiger partial charge in [0.25, 0.3) is 0 Å². The molecule has 0 unspecified atom stereocenters. The zero-order chi connectivity index (χ0) is 15.7. The fourth-order valence-electron chi connectivity index (χ4n) is 2.43. The molecule has 0 bridgehead atoms. The maximum atomic E-state index is 3.52. The van der Waals surface area contributed by atoms with Crippen LogP contribution >= 0.6 is 0 Å². The predicted octanol–water partition coefficient (Wildman–Crippen LogP) is 6.12. The standard InChI is InChI=1S/C21H27/c1-20(2,3)18-11-7-16(8-12-18)15-17-9-13-19(14-10-17)21(4,5)6/h7-9,11-14H,10H2,1-6H3/q+1. The number of hydrogen-bond acceptors (Lipinski definition) is 0. The lowest BCUT2D eigenvalue weighted by atomic mass is 9.82. The molecule has 0 saturated heterocycles. The van der Waals surface area contributed by atoms with Crippen molar-refractivity contribution in [3.8, 4) is 0 Å². The van der Waals surface area contributed by atoms with Crippen LogP contribution in [0, 0.1) is 17.3 Å². The van der Waals surface area contributed by atoms with E-state index in [1.807, 2.05) is 0 Å². The van der Waals surface area contributed by atoms with Crippen molar-refractivity contribution in [1.29, 1.82) is 0 Å². The molecule has 0 atom stereocenters. The molecule has 0 aromatic heterocycles. The van der Waals surface area contributed by atoms with Gasteiger partial charge in [0.2, 0.25) is 0 Å². The van der Waals surface area contributed by atoms with Gasteiger partial charge in [-0.3, -0.25) is 0 Å². The molecule has 21 heavy (non-hydrogen) atoms. The summed E-state index contributed by atoms with van der Waals surface area (Å²) in [5, 5.41) is 0. The summed E-state index contributed by atoms with van der Waals surface area (Å²) in [4.78, 5) is 0. The number of allylic oxidation sites excluding steroid dienone is 9. The smallest absolute Gasteiger partial charge is 0.0748 e. The van der Waals surface area contributed by atoms with E-state index in [4.69, 9.17) is 0 Å². The van der Waals surface area contributed by atoms with Crippen molar-refractivity contribution >= 4 is 0 Å². The second-order valence-electron chi connectivity index (χ2n) is 7.92. The van der Waals surface area contributed by atoms with Gasteiger partial charge in [0.15, 0.2) is 0 Å². The van der Waals surface area contributed by atoms with Gasteiger partial charge >= 0.3 is 0 Å². The third-order valence-electron chi connectivity index (χ3n) is 3.93. The van der Waals surface area contributed by atoms with Gasteiger partial charge in [-0.2, -0.15) is 0 Å². The summed E-state index contributed by atoms with van der Waals surface area (Å²) in [7, 11) is 0. The summed E-state index contributed by atoms with van der Waals surface area (Å²) in [6, 6.07) is 0. The summed E-state index contributed by atoms with van der Waals surface area (Å²) >= 11 is 0. The first-order valence-electron chi connectivity index (χ1n) is 7.78. The summed E-state index contributed by atoms with van der Waals surface area (Å²) in [5.41, 5.74) is 9.16. The molecule has 2 aliphatic rings. The highest BCUT2D eigenvalue weighted by molar-refractivity contribution is 5.47. The van der Waals surface area contributed by atoms with Gasteiger partial charge in [0, 0.05) is 47.8 Å². The average Bonchev–Trinajstić information content (AvgIpc) is 2.38. The fourth-order valence-corrected chi connectivity index (χ4v) is 2.43. The Balaban J connectivity index is 2.14. The van der Waals surface area contributed by atoms with Crippen LogP contribution in [0.1, 0.15) is 48.0 Å². The molecule has 0 aliphatic heterocycles. The highest BCUT2D eigenvalue weighted by Crippen LogP contribution is 2.32. The SMILES string of the molecule is CC(C)(C)C1=C[CH+]C(=C=C2C=CC(C(C)(C)C)=CC2)C=C1. The fraction of sp³-hybridized carbons (Fsp3) is 0.429. The molecule has 0 N–H and O–H groups in total. The van der Waals surface area contributed by atoms with Crippen molar-refractivity contribution in [2.75, 3.05) is 0 Å². The van der Waals surface area contributed by atoms with Gasteiger partial charge in [0.05, 0.1) is 5.57 Å². The lowest BCUT2D eigenvalue weighted by molar-refractivity contribution is 0.514. The van der Waals surface area contributed by atoms with Gasteiger partial charge in [-0.1, -0.05) is 32.9 Å². The van der Waals surface area contributed by atoms with Crippen molar-refractivity contribution in [1.82, 2.24) is 0 Å². The molecule has 0 fully saturated rings. The minimum absolute atomic E-state index is 0.209. The van der Waals surface area contributed by atoms with Crippen LogP contribution < -0.4 is 0 Å². The van der Waals surface area contributed by atoms with Gasteiger partial charge in [0.1, 0.15) is 5.57 Å². The first kappa shape index (κ1) is 15.7. The van der Waals surface area contributed by atoms with Crippen LogP contribution in [-0.2, 0) is 0 Å². The highest BCUT2D eigenvalue weighted by Gasteiger charge is 2.22. The van der Waals surface area contributed by atoms with Gasteiger partial charge in [-0.15, -0.1) is 0 Å². The molecule has 0 aromatic carbocycles. The summed E-state index contributed by atoms with van der Waals surface area (Å²) < 4.78 is 0. The molecule has 0 amide bonds. The van der Waals surface area contributed by atoms with E-state index in [-0.39, 0.29) is 10.8 Å². The molecule has 0 radical (unpaired) electrons. The quantitative estimate of drug-likeness (QED) is 0.370. The van der Waals surface area contributed by atoms with Crippen molar-refractivity contribution in [2.24, 2.45) is 10.8 Å².